The summed E-state index contributed by atoms with van der Waals surface area (Å²) in [6, 6.07) is 9.50. The predicted molar refractivity (Wildman–Crippen MR) is 100 cm³/mol. The summed E-state index contributed by atoms with van der Waals surface area (Å²) in [6.07, 6.45) is 2.00. The lowest BCUT2D eigenvalue weighted by Gasteiger charge is -2.51. The van der Waals surface area contributed by atoms with E-state index in [1.54, 1.807) is 0 Å². The number of rotatable bonds is 3. The van der Waals surface area contributed by atoms with Gasteiger partial charge in [0.15, 0.2) is 0 Å². The van der Waals surface area contributed by atoms with Crippen molar-refractivity contribution in [2.75, 3.05) is 39.3 Å². The minimum atomic E-state index is -0.358. The third-order valence-corrected chi connectivity index (χ3v) is 6.99. The maximum absolute atomic E-state index is 13.2. The van der Waals surface area contributed by atoms with E-state index in [1.807, 2.05) is 0 Å². The molecule has 2 amide bonds. The summed E-state index contributed by atoms with van der Waals surface area (Å²) >= 11 is 0. The molecular weight excluding hydrogens is 342 g/mol. The minimum Gasteiger partial charge on any atom is -0.448 e. The van der Waals surface area contributed by atoms with Crippen LogP contribution in [0.4, 0.5) is 4.79 Å². The Labute approximate surface area is 160 Å². The summed E-state index contributed by atoms with van der Waals surface area (Å²) < 4.78 is 4.99. The number of fused-ring (bicyclic) bond motifs is 2. The molecule has 0 unspecified atom stereocenters. The van der Waals surface area contributed by atoms with Crippen molar-refractivity contribution in [1.82, 2.24) is 14.7 Å². The molecule has 27 heavy (non-hydrogen) atoms. The number of hydrogen-bond acceptors (Lipinski definition) is 4. The molecule has 5 saturated heterocycles. The van der Waals surface area contributed by atoms with Crippen LogP contribution in [-0.2, 0) is 9.53 Å². The van der Waals surface area contributed by atoms with Crippen molar-refractivity contribution in [3.63, 3.8) is 0 Å². The van der Waals surface area contributed by atoms with Gasteiger partial charge in [0, 0.05) is 18.5 Å². The van der Waals surface area contributed by atoms with Gasteiger partial charge in [-0.25, -0.2) is 4.79 Å². The molecule has 3 atom stereocenters. The normalized spacial score (nSPS) is 34.7. The van der Waals surface area contributed by atoms with Gasteiger partial charge in [0.1, 0.15) is 13.2 Å². The zero-order chi connectivity index (χ0) is 18.5. The molecule has 6 heteroatoms. The number of aryl methyl sites for hydroxylation is 1. The Morgan fingerprint density at radius 2 is 1.85 bits per heavy atom. The largest absolute Gasteiger partial charge is 0.448 e. The van der Waals surface area contributed by atoms with Gasteiger partial charge in [0.2, 0.25) is 5.91 Å². The van der Waals surface area contributed by atoms with Crippen molar-refractivity contribution in [3.8, 4) is 0 Å². The molecule has 0 aromatic heterocycles. The van der Waals surface area contributed by atoms with Crippen LogP contribution in [0.15, 0.2) is 24.3 Å². The lowest BCUT2D eigenvalue weighted by atomic mass is 9.75. The van der Waals surface area contributed by atoms with E-state index in [4.69, 9.17) is 4.74 Å². The summed E-state index contributed by atoms with van der Waals surface area (Å²) in [5.41, 5.74) is 2.60. The maximum Gasteiger partial charge on any atom is 0.410 e. The van der Waals surface area contributed by atoms with Crippen molar-refractivity contribution in [2.45, 2.75) is 37.8 Å². The zero-order valence-corrected chi connectivity index (χ0v) is 15.8. The number of nitrogens with zero attached hydrogens (tertiary/aromatic N) is 3. The number of piperidine rings is 3. The Kier molecular flexibility index (Phi) is 4.11. The topological polar surface area (TPSA) is 53.1 Å². The first-order valence-corrected chi connectivity index (χ1v) is 10.1. The lowest BCUT2D eigenvalue weighted by molar-refractivity contribution is -0.136. The second kappa shape index (κ2) is 6.51. The molecule has 1 aromatic carbocycles. The van der Waals surface area contributed by atoms with Gasteiger partial charge in [0.25, 0.3) is 0 Å². The van der Waals surface area contributed by atoms with Crippen LogP contribution in [0.3, 0.4) is 0 Å². The average Bonchev–Trinajstić information content (AvgIpc) is 3.29. The maximum atomic E-state index is 13.2. The molecular formula is C21H27N3O3. The molecule has 0 aliphatic carbocycles. The Hall–Kier alpha value is -2.08. The highest BCUT2D eigenvalue weighted by molar-refractivity contribution is 5.83. The first kappa shape index (κ1) is 17.0. The fourth-order valence-electron chi connectivity index (χ4n) is 5.63. The van der Waals surface area contributed by atoms with Crippen LogP contribution in [-0.4, -0.2) is 78.1 Å². The highest BCUT2D eigenvalue weighted by atomic mass is 16.6. The molecule has 0 radical (unpaired) electrons. The molecule has 5 heterocycles. The molecule has 1 aromatic rings. The Morgan fingerprint density at radius 1 is 1.11 bits per heavy atom. The number of carbonyl (C=O) groups excluding carboxylic acids is 2. The number of carbonyl (C=O) groups is 2. The van der Waals surface area contributed by atoms with Crippen molar-refractivity contribution in [2.24, 2.45) is 5.92 Å². The van der Waals surface area contributed by atoms with E-state index in [-0.39, 0.29) is 24.6 Å². The van der Waals surface area contributed by atoms with Gasteiger partial charge in [-0.2, -0.15) is 0 Å². The summed E-state index contributed by atoms with van der Waals surface area (Å²) in [4.78, 5) is 31.2. The molecule has 6 rings (SSSR count). The van der Waals surface area contributed by atoms with Crippen LogP contribution in [0.5, 0.6) is 0 Å². The van der Waals surface area contributed by atoms with Crippen LogP contribution < -0.4 is 0 Å². The third kappa shape index (κ3) is 2.81. The van der Waals surface area contributed by atoms with E-state index < -0.39 is 0 Å². The number of benzene rings is 1. The number of amides is 2. The Balaban J connectivity index is 1.42. The number of ether oxygens (including phenoxy) is 1. The van der Waals surface area contributed by atoms with Gasteiger partial charge in [0.05, 0.1) is 12.6 Å². The van der Waals surface area contributed by atoms with Gasteiger partial charge in [-0.15, -0.1) is 0 Å². The van der Waals surface area contributed by atoms with Crippen LogP contribution in [0.25, 0.3) is 0 Å². The van der Waals surface area contributed by atoms with Crippen molar-refractivity contribution < 1.29 is 14.3 Å². The van der Waals surface area contributed by atoms with Crippen LogP contribution in [0.2, 0.25) is 0 Å². The first-order chi connectivity index (χ1) is 13.1. The molecule has 5 aliphatic heterocycles. The number of likely N-dealkylation sites (tertiary alicyclic amines) is 1. The van der Waals surface area contributed by atoms with E-state index in [1.165, 1.54) is 28.9 Å². The molecule has 0 saturated carbocycles. The van der Waals surface area contributed by atoms with Gasteiger partial charge < -0.3 is 9.64 Å². The first-order valence-electron chi connectivity index (χ1n) is 10.1. The lowest BCUT2D eigenvalue weighted by Crippen LogP contribution is -2.61. The Bertz CT molecular complexity index is 742. The van der Waals surface area contributed by atoms with E-state index in [9.17, 15) is 9.59 Å². The fraction of sp³-hybridized carbons (Fsp3) is 0.619. The summed E-state index contributed by atoms with van der Waals surface area (Å²) in [5, 5.41) is 0. The number of hydrogen-bond donors (Lipinski definition) is 0. The van der Waals surface area contributed by atoms with E-state index >= 15 is 0 Å². The smallest absolute Gasteiger partial charge is 0.410 e. The third-order valence-electron chi connectivity index (χ3n) is 6.99. The molecule has 2 bridgehead atoms. The summed E-state index contributed by atoms with van der Waals surface area (Å²) in [5.74, 6) is 1.02. The van der Waals surface area contributed by atoms with Crippen LogP contribution in [0, 0.1) is 12.8 Å². The van der Waals surface area contributed by atoms with Gasteiger partial charge >= 0.3 is 6.09 Å². The molecule has 144 valence electrons. The highest BCUT2D eigenvalue weighted by Gasteiger charge is 2.54. The fourth-order valence-corrected chi connectivity index (χ4v) is 5.63. The molecule has 6 nitrogen and oxygen atoms in total. The van der Waals surface area contributed by atoms with E-state index in [0.717, 1.165) is 19.6 Å². The van der Waals surface area contributed by atoms with E-state index in [0.29, 0.717) is 31.0 Å². The van der Waals surface area contributed by atoms with Crippen LogP contribution in [0.1, 0.15) is 29.9 Å². The minimum absolute atomic E-state index is 0.0761. The van der Waals surface area contributed by atoms with Crippen LogP contribution >= 0.6 is 0 Å². The zero-order valence-electron chi connectivity index (χ0n) is 15.8. The van der Waals surface area contributed by atoms with Crippen molar-refractivity contribution in [3.05, 3.63) is 35.4 Å². The van der Waals surface area contributed by atoms with Gasteiger partial charge in [-0.1, -0.05) is 29.8 Å². The molecule has 0 spiro atoms. The van der Waals surface area contributed by atoms with Gasteiger partial charge in [-0.05, 0) is 44.3 Å². The standard InChI is InChI=1S/C21H27N3O3/c1-14-2-4-15(5-3-14)17-12-24(18(25)13-23-10-11-27-21(23)26)19-16-6-8-22(9-7-16)20(17)19/h2-5,16-17,19-20H,6-13H2,1H3/t17-,19+,20+/m0/s1. The molecule has 5 aliphatic rings. The summed E-state index contributed by atoms with van der Waals surface area (Å²) in [7, 11) is 0. The second-order valence-corrected chi connectivity index (χ2v) is 8.45. The Morgan fingerprint density at radius 3 is 2.52 bits per heavy atom. The quantitative estimate of drug-likeness (QED) is 0.816. The highest BCUT2D eigenvalue weighted by Crippen LogP contribution is 2.46. The second-order valence-electron chi connectivity index (χ2n) is 8.45. The van der Waals surface area contributed by atoms with Crippen molar-refractivity contribution >= 4 is 12.0 Å². The van der Waals surface area contributed by atoms with E-state index in [2.05, 4.69) is 41.0 Å². The predicted octanol–water partition coefficient (Wildman–Crippen LogP) is 1.84. The summed E-state index contributed by atoms with van der Waals surface area (Å²) in [6.45, 7) is 6.22. The molecule has 5 fully saturated rings. The SMILES string of the molecule is Cc1ccc([C@@H]2CN(C(=O)CN3CCOC3=O)[C@@H]3C4CCN(CC4)[C@@H]32)cc1. The van der Waals surface area contributed by atoms with Crippen molar-refractivity contribution in [1.29, 1.82) is 0 Å². The number of cyclic esters (lactones) is 1. The molecule has 0 N–H and O–H groups in total. The van der Waals surface area contributed by atoms with Gasteiger partial charge in [-0.3, -0.25) is 14.6 Å². The monoisotopic (exact) mass is 369 g/mol. The average molecular weight is 369 g/mol.